The predicted molar refractivity (Wildman–Crippen MR) is 67.8 cm³/mol. The highest BCUT2D eigenvalue weighted by molar-refractivity contribution is 14.1. The van der Waals surface area contributed by atoms with Crippen molar-refractivity contribution in [1.29, 1.82) is 5.26 Å². The zero-order valence-corrected chi connectivity index (χ0v) is 11.3. The maximum Gasteiger partial charge on any atom is 0.194 e. The third-order valence-corrected chi connectivity index (χ3v) is 2.49. The predicted octanol–water partition coefficient (Wildman–Crippen LogP) is 2.33. The van der Waals surface area contributed by atoms with Crippen molar-refractivity contribution in [1.82, 2.24) is 9.97 Å². The summed E-state index contributed by atoms with van der Waals surface area (Å²) in [6.45, 7) is 2.49. The van der Waals surface area contributed by atoms with Crippen LogP contribution in [0.2, 0.25) is 5.15 Å². The quantitative estimate of drug-likeness (QED) is 0.483. The number of hydrogen-bond donors (Lipinski definition) is 0. The largest absolute Gasteiger partial charge is 0.358 e. The van der Waals surface area contributed by atoms with E-state index in [1.807, 2.05) is 41.5 Å². The normalized spacial score (nSPS) is 11.9. The topological polar surface area (TPSA) is 52.8 Å². The van der Waals surface area contributed by atoms with Crippen LogP contribution in [0, 0.1) is 21.1 Å². The Morgan fingerprint density at radius 2 is 2.33 bits per heavy atom. The summed E-state index contributed by atoms with van der Waals surface area (Å²) >= 11 is 7.83. The first kappa shape index (κ1) is 12.5. The second kappa shape index (κ2) is 5.47. The summed E-state index contributed by atoms with van der Waals surface area (Å²) in [5, 5.41) is 9.12. The van der Waals surface area contributed by atoms with Gasteiger partial charge in [0, 0.05) is 42.2 Å². The van der Waals surface area contributed by atoms with Gasteiger partial charge in [-0.05, 0) is 6.92 Å². The summed E-state index contributed by atoms with van der Waals surface area (Å²) in [5.74, 6) is 0.697. The molecular formula is C9H10ClIN4. The molecule has 0 saturated carbocycles. The third-order valence-electron chi connectivity index (χ3n) is 1.81. The van der Waals surface area contributed by atoms with Crippen LogP contribution >= 0.6 is 34.2 Å². The number of nitrogens with zero attached hydrogens (tertiary/aromatic N) is 4. The molecule has 0 aliphatic heterocycles. The molecule has 1 heterocycles. The first-order valence-electron chi connectivity index (χ1n) is 4.33. The Labute approximate surface area is 107 Å². The van der Waals surface area contributed by atoms with E-state index >= 15 is 0 Å². The van der Waals surface area contributed by atoms with Gasteiger partial charge < -0.3 is 4.90 Å². The molecule has 0 spiro atoms. The lowest BCUT2D eigenvalue weighted by molar-refractivity contribution is 0.708. The van der Waals surface area contributed by atoms with Crippen LogP contribution in [0.15, 0.2) is 6.07 Å². The Bertz CT molecular complexity index is 370. The highest BCUT2D eigenvalue weighted by Crippen LogP contribution is 2.16. The summed E-state index contributed by atoms with van der Waals surface area (Å²) in [4.78, 5) is 10.1. The number of aromatic nitrogens is 2. The molecule has 15 heavy (non-hydrogen) atoms. The molecule has 0 amide bonds. The molecule has 0 bridgehead atoms. The van der Waals surface area contributed by atoms with E-state index in [0.717, 1.165) is 5.82 Å². The van der Waals surface area contributed by atoms with E-state index in [0.29, 0.717) is 15.5 Å². The van der Waals surface area contributed by atoms with Gasteiger partial charge in [-0.15, -0.1) is 0 Å². The molecule has 0 radical (unpaired) electrons. The van der Waals surface area contributed by atoms with Gasteiger partial charge in [-0.25, -0.2) is 9.97 Å². The van der Waals surface area contributed by atoms with E-state index in [9.17, 15) is 0 Å². The summed E-state index contributed by atoms with van der Waals surface area (Å²) in [6, 6.07) is 3.86. The fourth-order valence-corrected chi connectivity index (χ4v) is 1.95. The van der Waals surface area contributed by atoms with Crippen LogP contribution in [-0.2, 0) is 0 Å². The first-order valence-corrected chi connectivity index (χ1v) is 5.79. The van der Waals surface area contributed by atoms with Gasteiger partial charge in [0.2, 0.25) is 0 Å². The van der Waals surface area contributed by atoms with Crippen LogP contribution < -0.4 is 4.90 Å². The highest BCUT2D eigenvalue weighted by atomic mass is 127. The summed E-state index contributed by atoms with van der Waals surface area (Å²) in [7, 11) is 1.88. The monoisotopic (exact) mass is 336 g/mol. The van der Waals surface area contributed by atoms with E-state index < -0.39 is 0 Å². The van der Waals surface area contributed by atoms with E-state index in [4.69, 9.17) is 16.9 Å². The Hall–Kier alpha value is -0.610. The molecule has 1 rings (SSSR count). The number of halogens is 2. The molecule has 1 atom stereocenters. The van der Waals surface area contributed by atoms with Crippen LogP contribution in [0.25, 0.3) is 0 Å². The molecule has 4 nitrogen and oxygen atoms in total. The van der Waals surface area contributed by atoms with Crippen molar-refractivity contribution in [2.24, 2.45) is 5.92 Å². The van der Waals surface area contributed by atoms with Gasteiger partial charge in [-0.3, -0.25) is 0 Å². The second-order valence-electron chi connectivity index (χ2n) is 3.23. The van der Waals surface area contributed by atoms with Gasteiger partial charge in [-0.1, -0.05) is 11.6 Å². The third kappa shape index (κ3) is 3.80. The number of hydrogen-bond acceptors (Lipinski definition) is 4. The minimum atomic E-state index is -0.0404. The molecule has 6 heteroatoms. The molecule has 1 aromatic heterocycles. The van der Waals surface area contributed by atoms with E-state index in [2.05, 4.69) is 16.0 Å². The minimum absolute atomic E-state index is 0.0404. The van der Waals surface area contributed by atoms with Crippen molar-refractivity contribution >= 4 is 40.0 Å². The molecular weight excluding hydrogens is 326 g/mol. The van der Waals surface area contributed by atoms with Gasteiger partial charge in [0.1, 0.15) is 11.0 Å². The molecule has 0 aliphatic rings. The fraction of sp³-hybridized carbons (Fsp3) is 0.444. The van der Waals surface area contributed by atoms with Crippen LogP contribution in [0.3, 0.4) is 0 Å². The number of rotatable bonds is 3. The molecule has 0 fully saturated rings. The van der Waals surface area contributed by atoms with Gasteiger partial charge in [0.05, 0.1) is 12.0 Å². The van der Waals surface area contributed by atoms with E-state index in [-0.39, 0.29) is 5.92 Å². The average molecular weight is 337 g/mol. The van der Waals surface area contributed by atoms with Crippen molar-refractivity contribution in [3.8, 4) is 6.07 Å². The zero-order valence-electron chi connectivity index (χ0n) is 8.41. The second-order valence-corrected chi connectivity index (χ2v) is 4.58. The first-order chi connectivity index (χ1) is 7.02. The van der Waals surface area contributed by atoms with Crippen LogP contribution in [0.1, 0.15) is 6.92 Å². The Balaban J connectivity index is 2.82. The lowest BCUT2D eigenvalue weighted by Crippen LogP contribution is -2.24. The fourth-order valence-electron chi connectivity index (χ4n) is 1.12. The Morgan fingerprint density at radius 3 is 2.87 bits per heavy atom. The molecule has 0 saturated heterocycles. The molecule has 0 N–H and O–H groups in total. The van der Waals surface area contributed by atoms with Gasteiger partial charge in [0.25, 0.3) is 0 Å². The summed E-state index contributed by atoms with van der Waals surface area (Å²) in [6.07, 6.45) is 0. The standard InChI is InChI=1S/C9H10ClIN4/c1-6(4-12)5-15(2)8-3-7(10)13-9(11)14-8/h3,6H,5H2,1-2H3. The van der Waals surface area contributed by atoms with Crippen molar-refractivity contribution in [2.75, 3.05) is 18.5 Å². The Morgan fingerprint density at radius 1 is 1.67 bits per heavy atom. The summed E-state index contributed by atoms with van der Waals surface area (Å²) in [5.41, 5.74) is 0. The van der Waals surface area contributed by atoms with Crippen molar-refractivity contribution in [3.63, 3.8) is 0 Å². The van der Waals surface area contributed by atoms with Gasteiger partial charge in [0.15, 0.2) is 3.83 Å². The molecule has 80 valence electrons. The maximum atomic E-state index is 8.70. The Kier molecular flexibility index (Phi) is 4.54. The van der Waals surface area contributed by atoms with Crippen molar-refractivity contribution in [3.05, 3.63) is 15.1 Å². The lowest BCUT2D eigenvalue weighted by Gasteiger charge is -2.19. The minimum Gasteiger partial charge on any atom is -0.358 e. The lowest BCUT2D eigenvalue weighted by atomic mass is 10.2. The SMILES string of the molecule is CC(C#N)CN(C)c1cc(Cl)nc(I)n1. The van der Waals surface area contributed by atoms with Crippen LogP contribution in [-0.4, -0.2) is 23.6 Å². The van der Waals surface area contributed by atoms with Crippen molar-refractivity contribution in [2.45, 2.75) is 6.92 Å². The smallest absolute Gasteiger partial charge is 0.194 e. The van der Waals surface area contributed by atoms with Crippen LogP contribution in [0.5, 0.6) is 0 Å². The molecule has 0 aromatic carbocycles. The van der Waals surface area contributed by atoms with E-state index in [1.165, 1.54) is 0 Å². The van der Waals surface area contributed by atoms with Crippen molar-refractivity contribution < 1.29 is 0 Å². The number of nitriles is 1. The van der Waals surface area contributed by atoms with Gasteiger partial charge >= 0.3 is 0 Å². The highest BCUT2D eigenvalue weighted by Gasteiger charge is 2.09. The summed E-state index contributed by atoms with van der Waals surface area (Å²) < 4.78 is 0.603. The molecule has 1 aromatic rings. The zero-order chi connectivity index (χ0) is 11.4. The average Bonchev–Trinajstić information content (AvgIpc) is 2.16. The van der Waals surface area contributed by atoms with Crippen LogP contribution in [0.4, 0.5) is 5.82 Å². The van der Waals surface area contributed by atoms with E-state index in [1.54, 1.807) is 6.07 Å². The van der Waals surface area contributed by atoms with Gasteiger partial charge in [-0.2, -0.15) is 5.26 Å². The number of anilines is 1. The molecule has 0 aliphatic carbocycles. The maximum absolute atomic E-state index is 8.70. The molecule has 1 unspecified atom stereocenters.